The van der Waals surface area contributed by atoms with E-state index < -0.39 is 0 Å². The SMILES string of the molecule is Cc1nnc(-c2ccc3ccn(CC(=O)NCC4CCCO4)c3c2)o1. The molecule has 0 bridgehead atoms. The third kappa shape index (κ3) is 3.41. The number of amides is 1. The van der Waals surface area contributed by atoms with Gasteiger partial charge in [-0.05, 0) is 36.4 Å². The molecule has 2 aromatic heterocycles. The molecule has 1 aliphatic rings. The Morgan fingerprint density at radius 3 is 3.04 bits per heavy atom. The van der Waals surface area contributed by atoms with Crippen molar-refractivity contribution in [2.75, 3.05) is 13.2 Å². The lowest BCUT2D eigenvalue weighted by Crippen LogP contribution is -2.34. The molecule has 7 nitrogen and oxygen atoms in total. The van der Waals surface area contributed by atoms with E-state index >= 15 is 0 Å². The van der Waals surface area contributed by atoms with Gasteiger partial charge in [-0.15, -0.1) is 10.2 Å². The highest BCUT2D eigenvalue weighted by Crippen LogP contribution is 2.24. The molecule has 3 aromatic rings. The van der Waals surface area contributed by atoms with E-state index in [0.717, 1.165) is 35.9 Å². The summed E-state index contributed by atoms with van der Waals surface area (Å²) >= 11 is 0. The molecule has 0 aliphatic carbocycles. The number of fused-ring (bicyclic) bond motifs is 1. The van der Waals surface area contributed by atoms with Crippen LogP contribution in [0.1, 0.15) is 18.7 Å². The number of nitrogens with zero attached hydrogens (tertiary/aromatic N) is 3. The van der Waals surface area contributed by atoms with E-state index in [4.69, 9.17) is 9.15 Å². The number of ether oxygens (including phenoxy) is 1. The van der Waals surface area contributed by atoms with Gasteiger partial charge in [0.25, 0.3) is 0 Å². The van der Waals surface area contributed by atoms with Crippen molar-refractivity contribution in [2.45, 2.75) is 32.4 Å². The predicted molar refractivity (Wildman–Crippen MR) is 92.0 cm³/mol. The Labute approximate surface area is 145 Å². The molecule has 1 unspecified atom stereocenters. The van der Waals surface area contributed by atoms with Crippen molar-refractivity contribution in [1.82, 2.24) is 20.1 Å². The zero-order valence-electron chi connectivity index (χ0n) is 14.1. The second-order valence-electron chi connectivity index (χ2n) is 6.28. The lowest BCUT2D eigenvalue weighted by atomic mass is 10.1. The van der Waals surface area contributed by atoms with Crippen LogP contribution in [0.25, 0.3) is 22.4 Å². The quantitative estimate of drug-likeness (QED) is 0.770. The molecule has 0 saturated carbocycles. The van der Waals surface area contributed by atoms with Gasteiger partial charge in [0.1, 0.15) is 6.54 Å². The van der Waals surface area contributed by atoms with Gasteiger partial charge in [0.15, 0.2) is 0 Å². The maximum Gasteiger partial charge on any atom is 0.247 e. The second-order valence-corrected chi connectivity index (χ2v) is 6.28. The van der Waals surface area contributed by atoms with Gasteiger partial charge in [-0.25, -0.2) is 0 Å². The van der Waals surface area contributed by atoms with E-state index in [1.54, 1.807) is 6.92 Å². The number of carbonyl (C=O) groups is 1. The van der Waals surface area contributed by atoms with Crippen LogP contribution in [-0.2, 0) is 16.1 Å². The monoisotopic (exact) mass is 340 g/mol. The molecule has 1 fully saturated rings. The highest BCUT2D eigenvalue weighted by molar-refractivity contribution is 5.86. The number of nitrogens with one attached hydrogen (secondary N) is 1. The van der Waals surface area contributed by atoms with Crippen molar-refractivity contribution < 1.29 is 13.9 Å². The number of carbonyl (C=O) groups excluding carboxylic acids is 1. The third-order valence-corrected chi connectivity index (χ3v) is 4.41. The summed E-state index contributed by atoms with van der Waals surface area (Å²) in [5, 5.41) is 11.9. The first kappa shape index (κ1) is 15.8. The van der Waals surface area contributed by atoms with Crippen molar-refractivity contribution in [3.8, 4) is 11.5 Å². The van der Waals surface area contributed by atoms with Gasteiger partial charge in [-0.2, -0.15) is 0 Å². The van der Waals surface area contributed by atoms with Gasteiger partial charge in [-0.3, -0.25) is 4.79 Å². The maximum absolute atomic E-state index is 12.2. The van der Waals surface area contributed by atoms with E-state index in [2.05, 4.69) is 15.5 Å². The van der Waals surface area contributed by atoms with Crippen molar-refractivity contribution in [1.29, 1.82) is 0 Å². The minimum Gasteiger partial charge on any atom is -0.421 e. The molecular weight excluding hydrogens is 320 g/mol. The predicted octanol–water partition coefficient (Wildman–Crippen LogP) is 2.29. The summed E-state index contributed by atoms with van der Waals surface area (Å²) in [7, 11) is 0. The average Bonchev–Trinajstić information content (AvgIpc) is 3.34. The Kier molecular flexibility index (Phi) is 4.23. The molecule has 1 aliphatic heterocycles. The zero-order chi connectivity index (χ0) is 17.2. The number of aromatic nitrogens is 3. The summed E-state index contributed by atoms with van der Waals surface area (Å²) in [5.74, 6) is 0.987. The summed E-state index contributed by atoms with van der Waals surface area (Å²) in [6.45, 7) is 3.39. The highest BCUT2D eigenvalue weighted by Gasteiger charge is 2.16. The molecule has 1 amide bonds. The van der Waals surface area contributed by atoms with E-state index in [-0.39, 0.29) is 18.6 Å². The van der Waals surface area contributed by atoms with E-state index in [0.29, 0.717) is 18.3 Å². The normalized spacial score (nSPS) is 17.2. The molecule has 4 rings (SSSR count). The smallest absolute Gasteiger partial charge is 0.247 e. The Hall–Kier alpha value is -2.67. The first-order valence-corrected chi connectivity index (χ1v) is 8.47. The molecule has 25 heavy (non-hydrogen) atoms. The average molecular weight is 340 g/mol. The summed E-state index contributed by atoms with van der Waals surface area (Å²) in [5.41, 5.74) is 1.80. The van der Waals surface area contributed by atoms with Gasteiger partial charge >= 0.3 is 0 Å². The molecule has 1 aromatic carbocycles. The number of rotatable bonds is 5. The number of hydrogen-bond acceptors (Lipinski definition) is 5. The minimum absolute atomic E-state index is 0.0213. The molecular formula is C18H20N4O3. The largest absolute Gasteiger partial charge is 0.421 e. The van der Waals surface area contributed by atoms with Crippen LogP contribution in [0, 0.1) is 6.92 Å². The second kappa shape index (κ2) is 6.68. The van der Waals surface area contributed by atoms with Crippen LogP contribution in [-0.4, -0.2) is 39.9 Å². The fourth-order valence-electron chi connectivity index (χ4n) is 3.11. The van der Waals surface area contributed by atoms with Gasteiger partial charge in [0.05, 0.1) is 6.10 Å². The van der Waals surface area contributed by atoms with Crippen LogP contribution in [0.15, 0.2) is 34.9 Å². The van der Waals surface area contributed by atoms with Crippen molar-refractivity contribution in [3.63, 3.8) is 0 Å². The lowest BCUT2D eigenvalue weighted by Gasteiger charge is -2.11. The number of benzene rings is 1. The fraction of sp³-hybridized carbons (Fsp3) is 0.389. The van der Waals surface area contributed by atoms with E-state index in [1.807, 2.05) is 35.0 Å². The van der Waals surface area contributed by atoms with Crippen LogP contribution in [0.4, 0.5) is 0 Å². The van der Waals surface area contributed by atoms with Crippen LogP contribution in [0.5, 0.6) is 0 Å². The standard InChI is InChI=1S/C18H20N4O3/c1-12-20-21-18(25-12)14-5-4-13-6-7-22(16(13)9-14)11-17(23)19-10-15-3-2-8-24-15/h4-7,9,15H,2-3,8,10-11H2,1H3,(H,19,23). The van der Waals surface area contributed by atoms with Crippen LogP contribution < -0.4 is 5.32 Å². The van der Waals surface area contributed by atoms with Crippen molar-refractivity contribution in [2.24, 2.45) is 0 Å². The minimum atomic E-state index is -0.0213. The molecule has 1 N–H and O–H groups in total. The maximum atomic E-state index is 12.2. The fourth-order valence-corrected chi connectivity index (χ4v) is 3.11. The molecule has 130 valence electrons. The van der Waals surface area contributed by atoms with Gasteiger partial charge < -0.3 is 19.0 Å². The van der Waals surface area contributed by atoms with E-state index in [1.165, 1.54) is 0 Å². The lowest BCUT2D eigenvalue weighted by molar-refractivity contribution is -0.122. The van der Waals surface area contributed by atoms with Crippen molar-refractivity contribution in [3.05, 3.63) is 36.4 Å². The van der Waals surface area contributed by atoms with Crippen LogP contribution in [0.3, 0.4) is 0 Å². The first-order chi connectivity index (χ1) is 12.2. The molecule has 3 heterocycles. The van der Waals surface area contributed by atoms with Crippen LogP contribution >= 0.6 is 0 Å². The Morgan fingerprint density at radius 2 is 2.28 bits per heavy atom. The molecule has 7 heteroatoms. The Morgan fingerprint density at radius 1 is 1.36 bits per heavy atom. The molecule has 1 atom stereocenters. The van der Waals surface area contributed by atoms with E-state index in [9.17, 15) is 4.79 Å². The number of hydrogen-bond donors (Lipinski definition) is 1. The van der Waals surface area contributed by atoms with Crippen LogP contribution in [0.2, 0.25) is 0 Å². The molecule has 1 saturated heterocycles. The zero-order valence-corrected chi connectivity index (χ0v) is 14.1. The molecule has 0 radical (unpaired) electrons. The summed E-state index contributed by atoms with van der Waals surface area (Å²) in [4.78, 5) is 12.2. The van der Waals surface area contributed by atoms with Crippen molar-refractivity contribution >= 4 is 16.8 Å². The third-order valence-electron chi connectivity index (χ3n) is 4.41. The van der Waals surface area contributed by atoms with Gasteiger partial charge in [0.2, 0.25) is 17.7 Å². The summed E-state index contributed by atoms with van der Waals surface area (Å²) in [6, 6.07) is 7.89. The number of aryl methyl sites for hydroxylation is 1. The highest BCUT2D eigenvalue weighted by atomic mass is 16.5. The topological polar surface area (TPSA) is 82.2 Å². The summed E-state index contributed by atoms with van der Waals surface area (Å²) < 4.78 is 12.9. The Balaban J connectivity index is 1.50. The van der Waals surface area contributed by atoms with Gasteiger partial charge in [0, 0.05) is 37.4 Å². The van der Waals surface area contributed by atoms with Gasteiger partial charge in [-0.1, -0.05) is 6.07 Å². The molecule has 0 spiro atoms. The first-order valence-electron chi connectivity index (χ1n) is 8.47. The summed E-state index contributed by atoms with van der Waals surface area (Å²) in [6.07, 6.45) is 4.15. The Bertz CT molecular complexity index is 893.